The SMILES string of the molecule is CCN(c1cc(N2CCC3(CC2)OCCO3)ncn1)C1CCS(=O)(=O)C1. The van der Waals surface area contributed by atoms with Gasteiger partial charge in [-0.2, -0.15) is 0 Å². The van der Waals surface area contributed by atoms with E-state index in [0.29, 0.717) is 19.6 Å². The second-order valence-corrected chi connectivity index (χ2v) is 9.40. The highest BCUT2D eigenvalue weighted by molar-refractivity contribution is 7.91. The summed E-state index contributed by atoms with van der Waals surface area (Å²) in [6.45, 7) is 5.75. The van der Waals surface area contributed by atoms with Crippen molar-refractivity contribution in [2.45, 2.75) is 38.0 Å². The van der Waals surface area contributed by atoms with Gasteiger partial charge in [0.2, 0.25) is 0 Å². The third-order valence-electron chi connectivity index (χ3n) is 5.59. The third-order valence-corrected chi connectivity index (χ3v) is 7.34. The topological polar surface area (TPSA) is 84.9 Å². The van der Waals surface area contributed by atoms with Gasteiger partial charge in [-0.1, -0.05) is 0 Å². The molecule has 1 spiro atoms. The standard InChI is InChI=1S/C17H26N4O4S/c1-2-21(14-3-10-26(22,23)12-14)16-11-15(18-13-19-16)20-6-4-17(5-7-20)24-8-9-25-17/h11,13-14H,2-10,12H2,1H3. The van der Waals surface area contributed by atoms with Crippen LogP contribution < -0.4 is 9.80 Å². The molecule has 3 aliphatic heterocycles. The molecule has 3 saturated heterocycles. The zero-order valence-electron chi connectivity index (χ0n) is 15.1. The number of rotatable bonds is 4. The molecule has 26 heavy (non-hydrogen) atoms. The van der Waals surface area contributed by atoms with Crippen LogP contribution in [0.3, 0.4) is 0 Å². The highest BCUT2D eigenvalue weighted by atomic mass is 32.2. The smallest absolute Gasteiger partial charge is 0.171 e. The molecule has 0 N–H and O–H groups in total. The fraction of sp³-hybridized carbons (Fsp3) is 0.765. The number of anilines is 2. The van der Waals surface area contributed by atoms with Gasteiger partial charge in [-0.15, -0.1) is 0 Å². The zero-order chi connectivity index (χ0) is 18.2. The van der Waals surface area contributed by atoms with Crippen LogP contribution >= 0.6 is 0 Å². The van der Waals surface area contributed by atoms with Crippen LogP contribution in [0.1, 0.15) is 26.2 Å². The van der Waals surface area contributed by atoms with Crippen LogP contribution in [0.5, 0.6) is 0 Å². The first kappa shape index (κ1) is 17.9. The first-order valence-electron chi connectivity index (χ1n) is 9.32. The second kappa shape index (κ2) is 6.94. The quantitative estimate of drug-likeness (QED) is 0.757. The molecule has 4 rings (SSSR count). The van der Waals surface area contributed by atoms with Crippen LogP contribution in [0.15, 0.2) is 12.4 Å². The Labute approximate surface area is 154 Å². The largest absolute Gasteiger partial charge is 0.356 e. The van der Waals surface area contributed by atoms with Crippen LogP contribution in [0, 0.1) is 0 Å². The molecule has 8 nitrogen and oxygen atoms in total. The maximum atomic E-state index is 11.8. The van der Waals surface area contributed by atoms with Crippen LogP contribution in [-0.2, 0) is 19.3 Å². The van der Waals surface area contributed by atoms with Crippen molar-refractivity contribution in [3.05, 3.63) is 12.4 Å². The van der Waals surface area contributed by atoms with E-state index in [9.17, 15) is 8.42 Å². The van der Waals surface area contributed by atoms with Gasteiger partial charge >= 0.3 is 0 Å². The van der Waals surface area contributed by atoms with E-state index in [0.717, 1.165) is 44.1 Å². The maximum absolute atomic E-state index is 11.8. The number of hydrogen-bond donors (Lipinski definition) is 0. The van der Waals surface area contributed by atoms with Gasteiger partial charge in [0.1, 0.15) is 18.0 Å². The molecule has 0 bridgehead atoms. The molecule has 9 heteroatoms. The summed E-state index contributed by atoms with van der Waals surface area (Å²) in [7, 11) is -2.93. The van der Waals surface area contributed by atoms with Crippen molar-refractivity contribution in [2.24, 2.45) is 0 Å². The summed E-state index contributed by atoms with van der Waals surface area (Å²) in [5.74, 6) is 1.75. The lowest BCUT2D eigenvalue weighted by Crippen LogP contribution is -2.45. The molecule has 1 aromatic rings. The highest BCUT2D eigenvalue weighted by Crippen LogP contribution is 2.33. The first-order valence-corrected chi connectivity index (χ1v) is 11.1. The fourth-order valence-corrected chi connectivity index (χ4v) is 5.89. The molecule has 1 atom stereocenters. The van der Waals surface area contributed by atoms with Gasteiger partial charge in [0, 0.05) is 44.6 Å². The van der Waals surface area contributed by atoms with E-state index < -0.39 is 15.6 Å². The Morgan fingerprint density at radius 2 is 2.00 bits per heavy atom. The van der Waals surface area contributed by atoms with Gasteiger partial charge in [0.25, 0.3) is 0 Å². The molecular formula is C17H26N4O4S. The Kier molecular flexibility index (Phi) is 4.79. The monoisotopic (exact) mass is 382 g/mol. The normalized spacial score (nSPS) is 27.1. The molecule has 1 aromatic heterocycles. The van der Waals surface area contributed by atoms with Gasteiger partial charge in [0.15, 0.2) is 15.6 Å². The van der Waals surface area contributed by atoms with E-state index in [2.05, 4.69) is 19.8 Å². The predicted octanol–water partition coefficient (Wildman–Crippen LogP) is 0.833. The van der Waals surface area contributed by atoms with Crippen molar-refractivity contribution in [3.8, 4) is 0 Å². The molecule has 4 heterocycles. The van der Waals surface area contributed by atoms with Crippen molar-refractivity contribution >= 4 is 21.5 Å². The van der Waals surface area contributed by atoms with Crippen molar-refractivity contribution in [3.63, 3.8) is 0 Å². The summed E-state index contributed by atoms with van der Waals surface area (Å²) in [6, 6.07) is 1.97. The summed E-state index contributed by atoms with van der Waals surface area (Å²) < 4.78 is 35.2. The Balaban J connectivity index is 1.48. The van der Waals surface area contributed by atoms with Crippen molar-refractivity contribution in [2.75, 3.05) is 54.2 Å². The number of aromatic nitrogens is 2. The molecule has 1 unspecified atom stereocenters. The van der Waals surface area contributed by atoms with Gasteiger partial charge in [-0.3, -0.25) is 0 Å². The van der Waals surface area contributed by atoms with Crippen molar-refractivity contribution in [1.82, 2.24) is 9.97 Å². The number of ether oxygens (including phenoxy) is 2. The summed E-state index contributed by atoms with van der Waals surface area (Å²) in [4.78, 5) is 13.2. The van der Waals surface area contributed by atoms with Crippen LogP contribution in [-0.4, -0.2) is 74.6 Å². The number of hydrogen-bond acceptors (Lipinski definition) is 8. The second-order valence-electron chi connectivity index (χ2n) is 7.17. The van der Waals surface area contributed by atoms with Crippen molar-refractivity contribution < 1.29 is 17.9 Å². The summed E-state index contributed by atoms with van der Waals surface area (Å²) >= 11 is 0. The lowest BCUT2D eigenvalue weighted by atomic mass is 10.0. The molecule has 0 aromatic carbocycles. The molecule has 144 valence electrons. The number of nitrogens with zero attached hydrogens (tertiary/aromatic N) is 4. The van der Waals surface area contributed by atoms with E-state index >= 15 is 0 Å². The predicted molar refractivity (Wildman–Crippen MR) is 98.2 cm³/mol. The minimum absolute atomic E-state index is 0.00216. The molecule has 0 saturated carbocycles. The summed E-state index contributed by atoms with van der Waals surface area (Å²) in [6.07, 6.45) is 3.88. The van der Waals surface area contributed by atoms with Gasteiger partial charge in [-0.25, -0.2) is 18.4 Å². The Morgan fingerprint density at radius 1 is 1.27 bits per heavy atom. The van der Waals surface area contributed by atoms with Gasteiger partial charge < -0.3 is 19.3 Å². The van der Waals surface area contributed by atoms with Crippen LogP contribution in [0.25, 0.3) is 0 Å². The van der Waals surface area contributed by atoms with E-state index in [-0.39, 0.29) is 17.5 Å². The van der Waals surface area contributed by atoms with E-state index in [1.54, 1.807) is 6.33 Å². The van der Waals surface area contributed by atoms with Crippen LogP contribution in [0.4, 0.5) is 11.6 Å². The fourth-order valence-electron chi connectivity index (χ4n) is 4.16. The minimum Gasteiger partial charge on any atom is -0.356 e. The summed E-state index contributed by atoms with van der Waals surface area (Å²) in [5.41, 5.74) is 0. The average molecular weight is 382 g/mol. The zero-order valence-corrected chi connectivity index (χ0v) is 15.9. The van der Waals surface area contributed by atoms with Gasteiger partial charge in [0.05, 0.1) is 24.7 Å². The van der Waals surface area contributed by atoms with Crippen molar-refractivity contribution in [1.29, 1.82) is 0 Å². The average Bonchev–Trinajstić information content (AvgIpc) is 3.23. The van der Waals surface area contributed by atoms with E-state index in [1.807, 2.05) is 13.0 Å². The lowest BCUT2D eigenvalue weighted by Gasteiger charge is -2.38. The first-order chi connectivity index (χ1) is 12.5. The Morgan fingerprint density at radius 3 is 2.62 bits per heavy atom. The molecule has 0 radical (unpaired) electrons. The Hall–Kier alpha value is -1.45. The molecular weight excluding hydrogens is 356 g/mol. The summed E-state index contributed by atoms with van der Waals surface area (Å²) in [5, 5.41) is 0. The van der Waals surface area contributed by atoms with E-state index in [1.165, 1.54) is 0 Å². The molecule has 3 aliphatic rings. The number of piperidine rings is 1. The van der Waals surface area contributed by atoms with Gasteiger partial charge in [-0.05, 0) is 13.3 Å². The number of sulfone groups is 1. The highest BCUT2D eigenvalue weighted by Gasteiger charge is 2.40. The van der Waals surface area contributed by atoms with E-state index in [4.69, 9.17) is 9.47 Å². The minimum atomic E-state index is -2.93. The molecule has 3 fully saturated rings. The Bertz CT molecular complexity index is 741. The molecule has 0 aliphatic carbocycles. The molecule has 0 amide bonds. The van der Waals surface area contributed by atoms with Crippen LogP contribution in [0.2, 0.25) is 0 Å². The maximum Gasteiger partial charge on any atom is 0.171 e. The lowest BCUT2D eigenvalue weighted by molar-refractivity contribution is -0.169. The third kappa shape index (κ3) is 3.52.